The van der Waals surface area contributed by atoms with Crippen molar-refractivity contribution in [1.82, 2.24) is 14.8 Å². The van der Waals surface area contributed by atoms with Crippen molar-refractivity contribution in [3.8, 4) is 0 Å². The zero-order valence-corrected chi connectivity index (χ0v) is 10.7. The van der Waals surface area contributed by atoms with Crippen molar-refractivity contribution in [3.05, 3.63) is 48.5 Å². The Hall–Kier alpha value is -2.56. The van der Waals surface area contributed by atoms with Gasteiger partial charge in [0.15, 0.2) is 0 Å². The summed E-state index contributed by atoms with van der Waals surface area (Å²) in [5.41, 5.74) is 8.90. The summed E-state index contributed by atoms with van der Waals surface area (Å²) >= 11 is 0. The third-order valence-corrected chi connectivity index (χ3v) is 3.09. The number of fused-ring (bicyclic) bond motifs is 1. The van der Waals surface area contributed by atoms with Gasteiger partial charge in [-0.3, -0.25) is 9.67 Å². The zero-order chi connectivity index (χ0) is 13.2. The molecule has 5 nitrogen and oxygen atoms in total. The smallest absolute Gasteiger partial charge is 0.0539 e. The molecular weight excluding hydrogens is 238 g/mol. The lowest BCUT2D eigenvalue weighted by molar-refractivity contribution is 0.767. The van der Waals surface area contributed by atoms with Crippen LogP contribution in [0.3, 0.4) is 0 Å². The summed E-state index contributed by atoms with van der Waals surface area (Å²) in [6.07, 6.45) is 7.43. The minimum atomic E-state index is 0.724. The lowest BCUT2D eigenvalue weighted by Gasteiger charge is -2.10. The second-order valence-electron chi connectivity index (χ2n) is 4.50. The number of pyridine rings is 1. The van der Waals surface area contributed by atoms with Crippen LogP contribution in [-0.4, -0.2) is 14.8 Å². The SMILES string of the molecule is Cn1cc(CNc2ccc(N)c3ccncc23)cn1. The van der Waals surface area contributed by atoms with E-state index in [0.717, 1.165) is 34.3 Å². The molecule has 0 saturated heterocycles. The molecular formula is C14H15N5. The van der Waals surface area contributed by atoms with Gasteiger partial charge in [-0.15, -0.1) is 0 Å². The number of hydrogen-bond donors (Lipinski definition) is 2. The normalized spacial score (nSPS) is 10.8. The van der Waals surface area contributed by atoms with E-state index in [0.29, 0.717) is 0 Å². The molecule has 2 heterocycles. The summed E-state index contributed by atoms with van der Waals surface area (Å²) in [5, 5.41) is 9.60. The van der Waals surface area contributed by atoms with E-state index >= 15 is 0 Å². The lowest BCUT2D eigenvalue weighted by Crippen LogP contribution is -2.00. The number of hydrogen-bond acceptors (Lipinski definition) is 4. The maximum absolute atomic E-state index is 5.97. The van der Waals surface area contributed by atoms with E-state index in [2.05, 4.69) is 15.4 Å². The molecule has 0 aliphatic rings. The van der Waals surface area contributed by atoms with Crippen molar-refractivity contribution < 1.29 is 0 Å². The van der Waals surface area contributed by atoms with Gasteiger partial charge in [0.25, 0.3) is 0 Å². The van der Waals surface area contributed by atoms with Gasteiger partial charge >= 0.3 is 0 Å². The van der Waals surface area contributed by atoms with Gasteiger partial charge in [0.2, 0.25) is 0 Å². The van der Waals surface area contributed by atoms with Gasteiger partial charge in [0.1, 0.15) is 0 Å². The maximum Gasteiger partial charge on any atom is 0.0539 e. The molecule has 0 radical (unpaired) electrons. The molecule has 0 saturated carbocycles. The second-order valence-corrected chi connectivity index (χ2v) is 4.50. The first kappa shape index (κ1) is 11.5. The standard InChI is InChI=1S/C14H15N5/c1-19-9-10(7-18-19)6-17-14-3-2-13(15)11-4-5-16-8-12(11)14/h2-5,7-9,17H,6,15H2,1H3. The van der Waals surface area contributed by atoms with Crippen molar-refractivity contribution in [2.24, 2.45) is 7.05 Å². The number of aromatic nitrogens is 3. The molecule has 0 atom stereocenters. The summed E-state index contributed by atoms with van der Waals surface area (Å²) in [4.78, 5) is 4.16. The average molecular weight is 253 g/mol. The molecule has 0 spiro atoms. The van der Waals surface area contributed by atoms with Gasteiger partial charge < -0.3 is 11.1 Å². The van der Waals surface area contributed by atoms with E-state index in [1.54, 1.807) is 10.9 Å². The first-order valence-corrected chi connectivity index (χ1v) is 6.07. The van der Waals surface area contributed by atoms with Crippen molar-refractivity contribution >= 4 is 22.1 Å². The van der Waals surface area contributed by atoms with Gasteiger partial charge in [0.05, 0.1) is 6.20 Å². The molecule has 5 heteroatoms. The number of nitrogens with one attached hydrogen (secondary N) is 1. The molecule has 3 rings (SSSR count). The number of nitrogen functional groups attached to an aromatic ring is 1. The Morgan fingerprint density at radius 1 is 1.21 bits per heavy atom. The fourth-order valence-corrected chi connectivity index (χ4v) is 2.13. The molecule has 0 aliphatic heterocycles. The molecule has 1 aromatic carbocycles. The molecule has 3 aromatic rings. The third kappa shape index (κ3) is 2.22. The van der Waals surface area contributed by atoms with Crippen molar-refractivity contribution in [2.45, 2.75) is 6.54 Å². The lowest BCUT2D eigenvalue weighted by atomic mass is 10.1. The van der Waals surface area contributed by atoms with E-state index in [1.165, 1.54) is 0 Å². The van der Waals surface area contributed by atoms with Gasteiger partial charge in [-0.2, -0.15) is 5.10 Å². The molecule has 0 aliphatic carbocycles. The Kier molecular flexibility index (Phi) is 2.79. The van der Waals surface area contributed by atoms with Gasteiger partial charge in [0, 0.05) is 59.9 Å². The van der Waals surface area contributed by atoms with Crippen LogP contribution in [0.25, 0.3) is 10.8 Å². The number of nitrogens with two attached hydrogens (primary N) is 1. The van der Waals surface area contributed by atoms with Crippen LogP contribution in [0.4, 0.5) is 11.4 Å². The van der Waals surface area contributed by atoms with Crippen LogP contribution in [0.15, 0.2) is 43.0 Å². The highest BCUT2D eigenvalue weighted by Crippen LogP contribution is 2.27. The van der Waals surface area contributed by atoms with Crippen LogP contribution in [-0.2, 0) is 13.6 Å². The Labute approximate surface area is 111 Å². The third-order valence-electron chi connectivity index (χ3n) is 3.09. The number of aryl methyl sites for hydroxylation is 1. The first-order valence-electron chi connectivity index (χ1n) is 6.07. The minimum Gasteiger partial charge on any atom is -0.398 e. The van der Waals surface area contributed by atoms with Gasteiger partial charge in [-0.1, -0.05) is 0 Å². The van der Waals surface area contributed by atoms with Crippen LogP contribution in [0, 0.1) is 0 Å². The highest BCUT2D eigenvalue weighted by atomic mass is 15.2. The first-order chi connectivity index (χ1) is 9.24. The molecule has 0 fully saturated rings. The van der Waals surface area contributed by atoms with Gasteiger partial charge in [-0.05, 0) is 18.2 Å². The van der Waals surface area contributed by atoms with Crippen LogP contribution in [0.5, 0.6) is 0 Å². The quantitative estimate of drug-likeness (QED) is 0.702. The largest absolute Gasteiger partial charge is 0.398 e. The Morgan fingerprint density at radius 2 is 2.11 bits per heavy atom. The zero-order valence-electron chi connectivity index (χ0n) is 10.7. The Balaban J connectivity index is 1.91. The van der Waals surface area contributed by atoms with E-state index in [4.69, 9.17) is 5.73 Å². The Bertz CT molecular complexity index is 717. The summed E-state index contributed by atoms with van der Waals surface area (Å²) in [7, 11) is 1.91. The highest BCUT2D eigenvalue weighted by molar-refractivity contribution is 6.00. The molecule has 0 unspecified atom stereocenters. The molecule has 3 N–H and O–H groups in total. The summed E-state index contributed by atoms with van der Waals surface area (Å²) < 4.78 is 1.79. The van der Waals surface area contributed by atoms with E-state index in [-0.39, 0.29) is 0 Å². The van der Waals surface area contributed by atoms with E-state index < -0.39 is 0 Å². The van der Waals surface area contributed by atoms with Crippen molar-refractivity contribution in [1.29, 1.82) is 0 Å². The van der Waals surface area contributed by atoms with E-state index in [1.807, 2.05) is 43.8 Å². The van der Waals surface area contributed by atoms with Crippen LogP contribution < -0.4 is 11.1 Å². The van der Waals surface area contributed by atoms with Crippen LogP contribution in [0.2, 0.25) is 0 Å². The van der Waals surface area contributed by atoms with Crippen LogP contribution in [0.1, 0.15) is 5.56 Å². The molecule has 0 amide bonds. The van der Waals surface area contributed by atoms with Crippen molar-refractivity contribution in [3.63, 3.8) is 0 Å². The molecule has 19 heavy (non-hydrogen) atoms. The summed E-state index contributed by atoms with van der Waals surface area (Å²) in [6, 6.07) is 5.82. The maximum atomic E-state index is 5.97. The number of rotatable bonds is 3. The van der Waals surface area contributed by atoms with E-state index in [9.17, 15) is 0 Å². The van der Waals surface area contributed by atoms with Crippen molar-refractivity contribution in [2.75, 3.05) is 11.1 Å². The molecule has 96 valence electrons. The summed E-state index contributed by atoms with van der Waals surface area (Å²) in [5.74, 6) is 0. The second kappa shape index (κ2) is 4.61. The number of nitrogens with zero attached hydrogens (tertiary/aromatic N) is 3. The number of anilines is 2. The van der Waals surface area contributed by atoms with Gasteiger partial charge in [-0.25, -0.2) is 0 Å². The molecule has 2 aromatic heterocycles. The fourth-order valence-electron chi connectivity index (χ4n) is 2.13. The predicted octanol–water partition coefficient (Wildman–Crippen LogP) is 2.16. The average Bonchev–Trinajstić information content (AvgIpc) is 2.84. The monoisotopic (exact) mass is 253 g/mol. The number of benzene rings is 1. The molecule has 0 bridgehead atoms. The fraction of sp³-hybridized carbons (Fsp3) is 0.143. The highest BCUT2D eigenvalue weighted by Gasteiger charge is 2.04. The minimum absolute atomic E-state index is 0.724. The Morgan fingerprint density at radius 3 is 2.89 bits per heavy atom. The topological polar surface area (TPSA) is 68.8 Å². The summed E-state index contributed by atoms with van der Waals surface area (Å²) in [6.45, 7) is 0.724. The van der Waals surface area contributed by atoms with Crippen LogP contribution >= 0.6 is 0 Å². The predicted molar refractivity (Wildman–Crippen MR) is 76.7 cm³/mol.